The molecule has 1 aliphatic carbocycles. The molecule has 0 atom stereocenters. The van der Waals surface area contributed by atoms with Gasteiger partial charge in [-0.3, -0.25) is 0 Å². The molecule has 5 nitrogen and oxygen atoms in total. The van der Waals surface area contributed by atoms with E-state index in [9.17, 15) is 9.90 Å². The number of piperidine rings is 1. The summed E-state index contributed by atoms with van der Waals surface area (Å²) in [6.45, 7) is 2.16. The third-order valence-corrected chi connectivity index (χ3v) is 5.91. The van der Waals surface area contributed by atoms with Crippen molar-refractivity contribution < 1.29 is 14.6 Å². The summed E-state index contributed by atoms with van der Waals surface area (Å²) in [6, 6.07) is 9.75. The van der Waals surface area contributed by atoms with Crippen molar-refractivity contribution in [2.45, 2.75) is 50.7 Å². The molecule has 1 spiro atoms. The Morgan fingerprint density at radius 2 is 1.71 bits per heavy atom. The number of rotatable bonds is 3. The Kier molecular flexibility index (Phi) is 5.11. The average Bonchev–Trinajstić information content (AvgIpc) is 2.64. The Hall–Kier alpha value is -1.59. The number of carbonyl (C=O) groups excluding carboxylic acids is 1. The fourth-order valence-corrected chi connectivity index (χ4v) is 3.92. The maximum Gasteiger partial charge on any atom is 0.410 e. The number of likely N-dealkylation sites (tertiary alicyclic amines) is 1. The number of hydrogen-bond acceptors (Lipinski definition) is 4. The monoisotopic (exact) mass is 332 g/mol. The van der Waals surface area contributed by atoms with E-state index in [-0.39, 0.29) is 11.5 Å². The lowest BCUT2D eigenvalue weighted by atomic mass is 9.64. The number of nitrogens with zero attached hydrogens (tertiary/aromatic N) is 1. The Labute approximate surface area is 143 Å². The Bertz CT molecular complexity index is 543. The summed E-state index contributed by atoms with van der Waals surface area (Å²) in [4.78, 5) is 14.1. The van der Waals surface area contributed by atoms with Crippen LogP contribution in [0.3, 0.4) is 0 Å². The first-order valence-corrected chi connectivity index (χ1v) is 8.92. The van der Waals surface area contributed by atoms with E-state index in [0.717, 1.165) is 57.2 Å². The highest BCUT2D eigenvalue weighted by atomic mass is 16.6. The first-order chi connectivity index (χ1) is 11.5. The quantitative estimate of drug-likeness (QED) is 0.892. The minimum atomic E-state index is -0.670. The number of aliphatic hydroxyl groups is 1. The topological polar surface area (TPSA) is 75.8 Å². The van der Waals surface area contributed by atoms with Gasteiger partial charge in [-0.25, -0.2) is 4.79 Å². The van der Waals surface area contributed by atoms with Crippen LogP contribution in [0.1, 0.15) is 44.1 Å². The smallest absolute Gasteiger partial charge is 0.410 e. The van der Waals surface area contributed by atoms with Gasteiger partial charge in [-0.1, -0.05) is 30.3 Å². The molecule has 1 aromatic carbocycles. The maximum absolute atomic E-state index is 12.2. The van der Waals surface area contributed by atoms with Crippen molar-refractivity contribution in [2.24, 2.45) is 11.1 Å². The molecule has 0 bridgehead atoms. The maximum atomic E-state index is 12.2. The molecule has 5 heteroatoms. The molecule has 1 saturated heterocycles. The number of amides is 1. The lowest BCUT2D eigenvalue weighted by Crippen LogP contribution is -2.49. The van der Waals surface area contributed by atoms with E-state index < -0.39 is 5.60 Å². The van der Waals surface area contributed by atoms with Crippen molar-refractivity contribution in [2.75, 3.05) is 19.6 Å². The summed E-state index contributed by atoms with van der Waals surface area (Å²) in [7, 11) is 0. The highest BCUT2D eigenvalue weighted by Gasteiger charge is 2.43. The number of hydrogen-bond donors (Lipinski definition) is 2. The minimum Gasteiger partial charge on any atom is -0.445 e. The fourth-order valence-electron chi connectivity index (χ4n) is 3.92. The number of ether oxygens (including phenoxy) is 1. The molecule has 1 aliphatic heterocycles. The summed E-state index contributed by atoms with van der Waals surface area (Å²) in [5.74, 6) is 0. The Morgan fingerprint density at radius 3 is 2.29 bits per heavy atom. The van der Waals surface area contributed by atoms with Crippen LogP contribution in [0.2, 0.25) is 0 Å². The van der Waals surface area contributed by atoms with Gasteiger partial charge in [0.15, 0.2) is 0 Å². The van der Waals surface area contributed by atoms with Crippen LogP contribution in [0.25, 0.3) is 0 Å². The normalized spacial score (nSPS) is 22.3. The van der Waals surface area contributed by atoms with E-state index in [1.54, 1.807) is 0 Å². The first kappa shape index (κ1) is 17.2. The van der Waals surface area contributed by atoms with E-state index >= 15 is 0 Å². The van der Waals surface area contributed by atoms with Gasteiger partial charge < -0.3 is 20.5 Å². The molecule has 0 aromatic heterocycles. The van der Waals surface area contributed by atoms with Crippen LogP contribution in [0.4, 0.5) is 4.79 Å². The van der Waals surface area contributed by atoms with Gasteiger partial charge in [0.05, 0.1) is 5.60 Å². The predicted octanol–water partition coefficient (Wildman–Crippen LogP) is 2.67. The molecule has 0 radical (unpaired) electrons. The minimum absolute atomic E-state index is 0.219. The van der Waals surface area contributed by atoms with Gasteiger partial charge in [-0.15, -0.1) is 0 Å². The van der Waals surface area contributed by atoms with Crippen LogP contribution >= 0.6 is 0 Å². The van der Waals surface area contributed by atoms with Gasteiger partial charge in [0.1, 0.15) is 6.61 Å². The summed E-state index contributed by atoms with van der Waals surface area (Å²) in [5.41, 5.74) is 6.29. The first-order valence-electron chi connectivity index (χ1n) is 8.92. The highest BCUT2D eigenvalue weighted by Crippen LogP contribution is 2.47. The van der Waals surface area contributed by atoms with E-state index in [1.165, 1.54) is 0 Å². The van der Waals surface area contributed by atoms with Crippen LogP contribution < -0.4 is 5.73 Å². The fraction of sp³-hybridized carbons (Fsp3) is 0.632. The van der Waals surface area contributed by atoms with Gasteiger partial charge in [0.2, 0.25) is 0 Å². The second-order valence-corrected chi connectivity index (χ2v) is 7.46. The van der Waals surface area contributed by atoms with E-state index in [1.807, 2.05) is 35.2 Å². The summed E-state index contributed by atoms with van der Waals surface area (Å²) >= 11 is 0. The van der Waals surface area contributed by atoms with Gasteiger partial charge in [-0.2, -0.15) is 0 Å². The summed E-state index contributed by atoms with van der Waals surface area (Å²) in [6.07, 6.45) is 5.34. The number of carbonyl (C=O) groups is 1. The number of nitrogens with two attached hydrogens (primary N) is 1. The van der Waals surface area contributed by atoms with Crippen LogP contribution in [0.5, 0.6) is 0 Å². The highest BCUT2D eigenvalue weighted by molar-refractivity contribution is 5.67. The van der Waals surface area contributed by atoms with Gasteiger partial charge in [0.25, 0.3) is 0 Å². The molecule has 1 amide bonds. The van der Waals surface area contributed by atoms with E-state index in [2.05, 4.69) is 0 Å². The lowest BCUT2D eigenvalue weighted by molar-refractivity contribution is -0.0452. The zero-order valence-electron chi connectivity index (χ0n) is 14.2. The third kappa shape index (κ3) is 3.90. The molecular formula is C19H28N2O3. The molecule has 24 heavy (non-hydrogen) atoms. The Balaban J connectivity index is 1.46. The van der Waals surface area contributed by atoms with Crippen LogP contribution in [-0.2, 0) is 11.3 Å². The standard InChI is InChI=1S/C19H28N2O3/c20-15-19(23)8-6-18(7-9-19)10-12-21(13-11-18)17(22)24-14-16-4-2-1-3-5-16/h1-5,23H,6-15,20H2. The summed E-state index contributed by atoms with van der Waals surface area (Å²) < 4.78 is 5.42. The van der Waals surface area contributed by atoms with E-state index in [0.29, 0.717) is 13.2 Å². The molecule has 132 valence electrons. The average molecular weight is 332 g/mol. The van der Waals surface area contributed by atoms with Crippen LogP contribution in [0, 0.1) is 5.41 Å². The molecule has 2 aliphatic rings. The van der Waals surface area contributed by atoms with Crippen molar-refractivity contribution in [3.8, 4) is 0 Å². The zero-order valence-corrected chi connectivity index (χ0v) is 14.2. The summed E-state index contributed by atoms with van der Waals surface area (Å²) in [5, 5.41) is 10.3. The molecule has 1 aromatic rings. The van der Waals surface area contributed by atoms with Crippen molar-refractivity contribution in [1.29, 1.82) is 0 Å². The van der Waals surface area contributed by atoms with Crippen molar-refractivity contribution in [3.05, 3.63) is 35.9 Å². The Morgan fingerprint density at radius 1 is 1.08 bits per heavy atom. The second kappa shape index (κ2) is 7.11. The molecular weight excluding hydrogens is 304 g/mol. The molecule has 3 rings (SSSR count). The molecule has 1 saturated carbocycles. The van der Waals surface area contributed by atoms with Gasteiger partial charge in [0, 0.05) is 19.6 Å². The second-order valence-electron chi connectivity index (χ2n) is 7.46. The van der Waals surface area contributed by atoms with Crippen molar-refractivity contribution in [3.63, 3.8) is 0 Å². The van der Waals surface area contributed by atoms with Gasteiger partial charge >= 0.3 is 6.09 Å². The molecule has 1 heterocycles. The van der Waals surface area contributed by atoms with Gasteiger partial charge in [-0.05, 0) is 49.5 Å². The van der Waals surface area contributed by atoms with Crippen molar-refractivity contribution in [1.82, 2.24) is 4.90 Å². The largest absolute Gasteiger partial charge is 0.445 e. The SMILES string of the molecule is NCC1(O)CCC2(CCN(C(=O)OCc3ccccc3)CC2)CC1. The lowest BCUT2D eigenvalue weighted by Gasteiger charge is -2.47. The van der Waals surface area contributed by atoms with Crippen LogP contribution in [-0.4, -0.2) is 41.3 Å². The van der Waals surface area contributed by atoms with Crippen molar-refractivity contribution >= 4 is 6.09 Å². The third-order valence-electron chi connectivity index (χ3n) is 5.91. The van der Waals surface area contributed by atoms with Crippen LogP contribution in [0.15, 0.2) is 30.3 Å². The zero-order chi connectivity index (χ0) is 17.0. The predicted molar refractivity (Wildman–Crippen MR) is 92.3 cm³/mol. The molecule has 3 N–H and O–H groups in total. The molecule has 0 unspecified atom stereocenters. The van der Waals surface area contributed by atoms with E-state index in [4.69, 9.17) is 10.5 Å². The molecule has 2 fully saturated rings. The number of benzene rings is 1.